The van der Waals surface area contributed by atoms with Gasteiger partial charge in [0, 0.05) is 14.2 Å². The Balaban J connectivity index is 3.22. The van der Waals surface area contributed by atoms with Crippen LogP contribution in [0.2, 0.25) is 0 Å². The van der Waals surface area contributed by atoms with E-state index in [9.17, 15) is 0 Å². The first-order valence-corrected chi connectivity index (χ1v) is 5.18. The van der Waals surface area contributed by atoms with E-state index < -0.39 is 0 Å². The molecular weight excluding hydrogens is 188 g/mol. The number of aryl methyl sites for hydroxylation is 2. The van der Waals surface area contributed by atoms with Crippen molar-refractivity contribution in [3.63, 3.8) is 0 Å². The third kappa shape index (κ3) is 2.58. The van der Waals surface area contributed by atoms with Gasteiger partial charge in [-0.15, -0.1) is 0 Å². The highest BCUT2D eigenvalue weighted by molar-refractivity contribution is 5.44. The van der Waals surface area contributed by atoms with Gasteiger partial charge in [-0.3, -0.25) is 0 Å². The van der Waals surface area contributed by atoms with Crippen LogP contribution >= 0.6 is 0 Å². The van der Waals surface area contributed by atoms with Crippen molar-refractivity contribution in [2.24, 2.45) is 0 Å². The van der Waals surface area contributed by atoms with Gasteiger partial charge in [-0.05, 0) is 48.6 Å². The molecule has 0 N–H and O–H groups in total. The second kappa shape index (κ2) is 5.29. The van der Waals surface area contributed by atoms with E-state index in [1.165, 1.54) is 27.8 Å². The quantitative estimate of drug-likeness (QED) is 0.757. The molecule has 0 aliphatic carbocycles. The van der Waals surface area contributed by atoms with Gasteiger partial charge in [0.1, 0.15) is 0 Å². The Labute approximate surface area is 92.2 Å². The van der Waals surface area contributed by atoms with E-state index in [2.05, 4.69) is 26.8 Å². The third-order valence-corrected chi connectivity index (χ3v) is 2.87. The van der Waals surface area contributed by atoms with Crippen molar-refractivity contribution in [1.29, 1.82) is 0 Å². The minimum Gasteiger partial charge on any atom is -0.380 e. The third-order valence-electron chi connectivity index (χ3n) is 2.87. The maximum atomic E-state index is 5.22. The molecule has 0 spiro atoms. The van der Waals surface area contributed by atoms with E-state index in [1.807, 2.05) is 0 Å². The molecule has 0 aliphatic rings. The standard InChI is InChI=1S/C13H20O2/c1-9-6-10(2)13(8-15-5)11(3)12(9)7-14-4/h6H,7-8H2,1-5H3. The summed E-state index contributed by atoms with van der Waals surface area (Å²) < 4.78 is 10.4. The van der Waals surface area contributed by atoms with E-state index in [0.717, 1.165) is 0 Å². The maximum Gasteiger partial charge on any atom is 0.0718 e. The molecule has 0 heterocycles. The smallest absolute Gasteiger partial charge is 0.0718 e. The molecule has 1 rings (SSSR count). The minimum atomic E-state index is 0.675. The summed E-state index contributed by atoms with van der Waals surface area (Å²) in [5.74, 6) is 0. The molecule has 84 valence electrons. The fourth-order valence-electron chi connectivity index (χ4n) is 2.01. The van der Waals surface area contributed by atoms with Gasteiger partial charge in [0.15, 0.2) is 0 Å². The SMILES string of the molecule is COCc1c(C)cc(C)c(COC)c1C. The zero-order chi connectivity index (χ0) is 11.4. The molecular formula is C13H20O2. The minimum absolute atomic E-state index is 0.675. The molecule has 0 saturated heterocycles. The number of benzene rings is 1. The predicted octanol–water partition coefficient (Wildman–Crippen LogP) is 2.90. The molecule has 0 atom stereocenters. The lowest BCUT2D eigenvalue weighted by Gasteiger charge is -2.16. The van der Waals surface area contributed by atoms with Crippen LogP contribution in [0.3, 0.4) is 0 Å². The number of hydrogen-bond acceptors (Lipinski definition) is 2. The second-order valence-electron chi connectivity index (χ2n) is 3.96. The monoisotopic (exact) mass is 208 g/mol. The highest BCUT2D eigenvalue weighted by Gasteiger charge is 2.10. The molecule has 1 aromatic rings. The molecule has 0 saturated carbocycles. The molecule has 2 heteroatoms. The van der Waals surface area contributed by atoms with Crippen LogP contribution in [0.5, 0.6) is 0 Å². The summed E-state index contributed by atoms with van der Waals surface area (Å²) >= 11 is 0. The van der Waals surface area contributed by atoms with Gasteiger partial charge < -0.3 is 9.47 Å². The Morgan fingerprint density at radius 2 is 1.27 bits per heavy atom. The van der Waals surface area contributed by atoms with Gasteiger partial charge in [0.05, 0.1) is 13.2 Å². The van der Waals surface area contributed by atoms with Crippen molar-refractivity contribution in [2.45, 2.75) is 34.0 Å². The van der Waals surface area contributed by atoms with Crippen molar-refractivity contribution in [3.8, 4) is 0 Å². The van der Waals surface area contributed by atoms with Crippen LogP contribution in [0.4, 0.5) is 0 Å². The van der Waals surface area contributed by atoms with E-state index in [1.54, 1.807) is 14.2 Å². The highest BCUT2D eigenvalue weighted by Crippen LogP contribution is 2.23. The van der Waals surface area contributed by atoms with E-state index in [-0.39, 0.29) is 0 Å². The average Bonchev–Trinajstić information content (AvgIpc) is 2.19. The van der Waals surface area contributed by atoms with Crippen LogP contribution in [-0.4, -0.2) is 14.2 Å². The molecule has 0 aliphatic heterocycles. The second-order valence-corrected chi connectivity index (χ2v) is 3.96. The molecule has 0 radical (unpaired) electrons. The molecule has 1 aromatic carbocycles. The van der Waals surface area contributed by atoms with Crippen LogP contribution in [0.25, 0.3) is 0 Å². The topological polar surface area (TPSA) is 18.5 Å². The van der Waals surface area contributed by atoms with Gasteiger partial charge in [-0.2, -0.15) is 0 Å². The summed E-state index contributed by atoms with van der Waals surface area (Å²) in [4.78, 5) is 0. The molecule has 0 amide bonds. The lowest BCUT2D eigenvalue weighted by Crippen LogP contribution is -2.04. The van der Waals surface area contributed by atoms with Gasteiger partial charge in [-0.1, -0.05) is 6.07 Å². The zero-order valence-corrected chi connectivity index (χ0v) is 10.3. The van der Waals surface area contributed by atoms with Gasteiger partial charge >= 0.3 is 0 Å². The van der Waals surface area contributed by atoms with E-state index >= 15 is 0 Å². The summed E-state index contributed by atoms with van der Waals surface area (Å²) in [5.41, 5.74) is 6.47. The summed E-state index contributed by atoms with van der Waals surface area (Å²) in [6.45, 7) is 7.75. The largest absolute Gasteiger partial charge is 0.380 e. The molecule has 0 bridgehead atoms. The summed E-state index contributed by atoms with van der Waals surface area (Å²) in [7, 11) is 3.46. The first-order chi connectivity index (χ1) is 7.11. The van der Waals surface area contributed by atoms with Crippen molar-refractivity contribution < 1.29 is 9.47 Å². The Morgan fingerprint density at radius 3 is 1.60 bits per heavy atom. The normalized spacial score (nSPS) is 10.7. The Kier molecular flexibility index (Phi) is 4.30. The summed E-state index contributed by atoms with van der Waals surface area (Å²) in [5, 5.41) is 0. The number of rotatable bonds is 4. The molecule has 0 unspecified atom stereocenters. The Morgan fingerprint density at radius 1 is 0.867 bits per heavy atom. The fourth-order valence-corrected chi connectivity index (χ4v) is 2.01. The molecule has 0 fully saturated rings. The lowest BCUT2D eigenvalue weighted by atomic mass is 9.94. The van der Waals surface area contributed by atoms with Crippen LogP contribution in [-0.2, 0) is 22.7 Å². The van der Waals surface area contributed by atoms with Crippen molar-refractivity contribution in [2.75, 3.05) is 14.2 Å². The maximum absolute atomic E-state index is 5.22. The first kappa shape index (κ1) is 12.2. The Bertz CT molecular complexity index is 313. The van der Waals surface area contributed by atoms with Crippen LogP contribution in [0.15, 0.2) is 6.07 Å². The first-order valence-electron chi connectivity index (χ1n) is 5.18. The van der Waals surface area contributed by atoms with E-state index in [4.69, 9.17) is 9.47 Å². The highest BCUT2D eigenvalue weighted by atomic mass is 16.5. The predicted molar refractivity (Wildman–Crippen MR) is 62.1 cm³/mol. The van der Waals surface area contributed by atoms with Crippen molar-refractivity contribution in [3.05, 3.63) is 33.9 Å². The van der Waals surface area contributed by atoms with Gasteiger partial charge in [-0.25, -0.2) is 0 Å². The van der Waals surface area contributed by atoms with Crippen molar-refractivity contribution in [1.82, 2.24) is 0 Å². The van der Waals surface area contributed by atoms with Crippen LogP contribution in [0.1, 0.15) is 27.8 Å². The molecule has 0 aromatic heterocycles. The average molecular weight is 208 g/mol. The van der Waals surface area contributed by atoms with Gasteiger partial charge in [0.25, 0.3) is 0 Å². The van der Waals surface area contributed by atoms with Crippen LogP contribution < -0.4 is 0 Å². The number of ether oxygens (including phenoxy) is 2. The summed E-state index contributed by atoms with van der Waals surface area (Å²) in [6, 6.07) is 2.20. The van der Waals surface area contributed by atoms with Crippen molar-refractivity contribution >= 4 is 0 Å². The van der Waals surface area contributed by atoms with E-state index in [0.29, 0.717) is 13.2 Å². The zero-order valence-electron chi connectivity index (χ0n) is 10.3. The lowest BCUT2D eigenvalue weighted by molar-refractivity contribution is 0.178. The van der Waals surface area contributed by atoms with Crippen LogP contribution in [0, 0.1) is 20.8 Å². The number of methoxy groups -OCH3 is 2. The number of hydrogen-bond donors (Lipinski definition) is 0. The fraction of sp³-hybridized carbons (Fsp3) is 0.538. The molecule has 15 heavy (non-hydrogen) atoms. The Hall–Kier alpha value is -0.860. The van der Waals surface area contributed by atoms with Gasteiger partial charge in [0.2, 0.25) is 0 Å². The summed E-state index contributed by atoms with van der Waals surface area (Å²) in [6.07, 6.45) is 0. The molecule has 2 nitrogen and oxygen atoms in total.